The molecule has 1 aliphatic heterocycles. The molecule has 2 heterocycles. The zero-order valence-corrected chi connectivity index (χ0v) is 21.1. The standard InChI is InChI=1S/C27H28F3N5O3/c1-18-5-3-4-6-21(18)23-16-31-20(15-32-23)14-24(36)19-7-8-25(38-27(28,29)30)22(13-19)33-26(37)17-35-11-9-34(2)10-12-35/h3-8,13,15-16H,9-12,14,17H2,1-2H3,(H,33,37). The van der Waals surface area contributed by atoms with E-state index < -0.39 is 23.8 Å². The number of piperazine rings is 1. The summed E-state index contributed by atoms with van der Waals surface area (Å²) in [7, 11) is 1.98. The summed E-state index contributed by atoms with van der Waals surface area (Å²) in [5.74, 6) is -1.48. The van der Waals surface area contributed by atoms with Crippen LogP contribution in [0.5, 0.6) is 5.75 Å². The molecule has 200 valence electrons. The summed E-state index contributed by atoms with van der Waals surface area (Å²) < 4.78 is 43.0. The third-order valence-electron chi connectivity index (χ3n) is 6.23. The van der Waals surface area contributed by atoms with Gasteiger partial charge >= 0.3 is 6.36 Å². The van der Waals surface area contributed by atoms with Crippen LogP contribution < -0.4 is 10.1 Å². The van der Waals surface area contributed by atoms with Crippen molar-refractivity contribution in [2.45, 2.75) is 19.7 Å². The lowest BCUT2D eigenvalue weighted by molar-refractivity contribution is -0.274. The number of ether oxygens (including phenoxy) is 1. The fourth-order valence-corrected chi connectivity index (χ4v) is 4.13. The van der Waals surface area contributed by atoms with E-state index in [0.29, 0.717) is 24.5 Å². The topological polar surface area (TPSA) is 87.7 Å². The summed E-state index contributed by atoms with van der Waals surface area (Å²) in [6.45, 7) is 4.88. The Morgan fingerprint density at radius 3 is 2.42 bits per heavy atom. The van der Waals surface area contributed by atoms with Crippen molar-refractivity contribution >= 4 is 17.4 Å². The van der Waals surface area contributed by atoms with Gasteiger partial charge in [0, 0.05) is 43.5 Å². The van der Waals surface area contributed by atoms with Crippen LogP contribution in [0, 0.1) is 6.92 Å². The third kappa shape index (κ3) is 7.36. The van der Waals surface area contributed by atoms with Gasteiger partial charge in [0.15, 0.2) is 11.5 Å². The molecule has 4 rings (SSSR count). The Balaban J connectivity index is 1.48. The summed E-state index contributed by atoms with van der Waals surface area (Å²) in [6, 6.07) is 11.2. The molecule has 1 amide bonds. The normalized spacial score (nSPS) is 14.8. The lowest BCUT2D eigenvalue weighted by atomic mass is 10.0. The molecule has 1 saturated heterocycles. The van der Waals surface area contributed by atoms with E-state index in [-0.39, 0.29) is 24.2 Å². The highest BCUT2D eigenvalue weighted by Gasteiger charge is 2.32. The molecule has 1 fully saturated rings. The van der Waals surface area contributed by atoms with Crippen molar-refractivity contribution in [3.05, 3.63) is 71.7 Å². The number of alkyl halides is 3. The van der Waals surface area contributed by atoms with Gasteiger partial charge in [-0.3, -0.25) is 24.5 Å². The monoisotopic (exact) mass is 527 g/mol. The lowest BCUT2D eigenvalue weighted by Gasteiger charge is -2.31. The number of aromatic nitrogens is 2. The smallest absolute Gasteiger partial charge is 0.404 e. The average Bonchev–Trinajstić information content (AvgIpc) is 2.86. The minimum Gasteiger partial charge on any atom is -0.404 e. The van der Waals surface area contributed by atoms with Crippen LogP contribution in [-0.2, 0) is 11.2 Å². The van der Waals surface area contributed by atoms with Crippen LogP contribution >= 0.6 is 0 Å². The van der Waals surface area contributed by atoms with Gasteiger partial charge in [-0.25, -0.2) is 0 Å². The SMILES string of the molecule is Cc1ccccc1-c1cnc(CC(=O)c2ccc(OC(F)(F)F)c(NC(=O)CN3CCN(C)CC3)c2)cn1. The van der Waals surface area contributed by atoms with E-state index in [4.69, 9.17) is 0 Å². The van der Waals surface area contributed by atoms with Crippen molar-refractivity contribution in [3.63, 3.8) is 0 Å². The first-order valence-corrected chi connectivity index (χ1v) is 12.1. The fourth-order valence-electron chi connectivity index (χ4n) is 4.13. The molecule has 1 aromatic heterocycles. The number of Topliss-reactive ketones (excluding diaryl/α,β-unsaturated/α-hetero) is 1. The first-order valence-electron chi connectivity index (χ1n) is 12.1. The number of benzene rings is 2. The molecule has 0 bridgehead atoms. The molecule has 0 unspecified atom stereocenters. The maximum absolute atomic E-state index is 13.0. The Hall–Kier alpha value is -3.83. The van der Waals surface area contributed by atoms with Gasteiger partial charge in [0.1, 0.15) is 0 Å². The van der Waals surface area contributed by atoms with Crippen molar-refractivity contribution in [1.82, 2.24) is 19.8 Å². The first kappa shape index (κ1) is 27.2. The van der Waals surface area contributed by atoms with Crippen LogP contribution in [0.2, 0.25) is 0 Å². The van der Waals surface area contributed by atoms with Crippen molar-refractivity contribution in [2.75, 3.05) is 45.1 Å². The minimum absolute atomic E-state index is 0.0142. The molecule has 0 spiro atoms. The number of nitrogens with one attached hydrogen (secondary N) is 1. The predicted octanol–water partition coefficient (Wildman–Crippen LogP) is 3.96. The summed E-state index contributed by atoms with van der Waals surface area (Å²) in [5, 5.41) is 2.48. The van der Waals surface area contributed by atoms with E-state index in [1.807, 2.05) is 43.1 Å². The second kappa shape index (κ2) is 11.7. The van der Waals surface area contributed by atoms with Crippen molar-refractivity contribution in [2.24, 2.45) is 0 Å². The Bertz CT molecular complexity index is 1290. The van der Waals surface area contributed by atoms with E-state index in [1.54, 1.807) is 6.20 Å². The van der Waals surface area contributed by atoms with E-state index >= 15 is 0 Å². The van der Waals surface area contributed by atoms with E-state index in [9.17, 15) is 22.8 Å². The maximum Gasteiger partial charge on any atom is 0.573 e. The van der Waals surface area contributed by atoms with Crippen LogP contribution in [-0.4, -0.2) is 77.6 Å². The highest BCUT2D eigenvalue weighted by Crippen LogP contribution is 2.32. The first-order chi connectivity index (χ1) is 18.1. The number of halogens is 3. The van der Waals surface area contributed by atoms with Crippen LogP contribution in [0.15, 0.2) is 54.9 Å². The molecule has 8 nitrogen and oxygen atoms in total. The number of amides is 1. The molecule has 1 N–H and O–H groups in total. The van der Waals surface area contributed by atoms with Gasteiger partial charge in [-0.1, -0.05) is 24.3 Å². The Labute approximate surface area is 218 Å². The lowest BCUT2D eigenvalue weighted by Crippen LogP contribution is -2.47. The molecule has 11 heteroatoms. The number of aryl methyl sites for hydroxylation is 1. The number of ketones is 1. The van der Waals surface area contributed by atoms with E-state index in [1.165, 1.54) is 18.3 Å². The van der Waals surface area contributed by atoms with Gasteiger partial charge in [0.25, 0.3) is 0 Å². The highest BCUT2D eigenvalue weighted by molar-refractivity contribution is 6.00. The number of hydrogen-bond acceptors (Lipinski definition) is 7. The number of nitrogens with zero attached hydrogens (tertiary/aromatic N) is 4. The second-order valence-electron chi connectivity index (χ2n) is 9.19. The summed E-state index contributed by atoms with van der Waals surface area (Å²) in [6.07, 6.45) is -2.00. The Kier molecular flexibility index (Phi) is 8.38. The molecular weight excluding hydrogens is 499 g/mol. The van der Waals surface area contributed by atoms with E-state index in [2.05, 4.69) is 24.9 Å². The number of anilines is 1. The molecule has 38 heavy (non-hydrogen) atoms. The van der Waals surface area contributed by atoms with Crippen LogP contribution in [0.4, 0.5) is 18.9 Å². The minimum atomic E-state index is -4.96. The van der Waals surface area contributed by atoms with Gasteiger partial charge in [-0.2, -0.15) is 0 Å². The molecule has 1 aliphatic rings. The fraction of sp³-hybridized carbons (Fsp3) is 0.333. The highest BCUT2D eigenvalue weighted by atomic mass is 19.4. The summed E-state index contributed by atoms with van der Waals surface area (Å²) >= 11 is 0. The molecule has 0 radical (unpaired) electrons. The summed E-state index contributed by atoms with van der Waals surface area (Å²) in [5.41, 5.74) is 2.92. The van der Waals surface area contributed by atoms with Crippen LogP contribution in [0.25, 0.3) is 11.3 Å². The van der Waals surface area contributed by atoms with Crippen LogP contribution in [0.1, 0.15) is 21.6 Å². The van der Waals surface area contributed by atoms with Gasteiger partial charge in [0.2, 0.25) is 5.91 Å². The van der Waals surface area contributed by atoms with Gasteiger partial charge in [-0.15, -0.1) is 13.2 Å². The zero-order chi connectivity index (χ0) is 27.3. The second-order valence-corrected chi connectivity index (χ2v) is 9.19. The number of carbonyl (C=O) groups excluding carboxylic acids is 2. The summed E-state index contributed by atoms with van der Waals surface area (Å²) in [4.78, 5) is 38.3. The van der Waals surface area contributed by atoms with Gasteiger partial charge < -0.3 is 15.0 Å². The maximum atomic E-state index is 13.0. The largest absolute Gasteiger partial charge is 0.573 e. The molecular formula is C27H28F3N5O3. The number of rotatable bonds is 8. The van der Waals surface area contributed by atoms with Crippen molar-refractivity contribution in [3.8, 4) is 17.0 Å². The molecule has 0 saturated carbocycles. The van der Waals surface area contributed by atoms with Crippen molar-refractivity contribution < 1.29 is 27.5 Å². The number of carbonyl (C=O) groups is 2. The number of hydrogen-bond donors (Lipinski definition) is 1. The van der Waals surface area contributed by atoms with E-state index in [0.717, 1.165) is 30.3 Å². The average molecular weight is 528 g/mol. The van der Waals surface area contributed by atoms with Crippen LogP contribution in [0.3, 0.4) is 0 Å². The Morgan fingerprint density at radius 2 is 1.76 bits per heavy atom. The predicted molar refractivity (Wildman–Crippen MR) is 136 cm³/mol. The third-order valence-corrected chi connectivity index (χ3v) is 6.23. The van der Waals surface area contributed by atoms with Gasteiger partial charge in [0.05, 0.1) is 36.2 Å². The zero-order valence-electron chi connectivity index (χ0n) is 21.1. The van der Waals surface area contributed by atoms with Crippen molar-refractivity contribution in [1.29, 1.82) is 0 Å². The quantitative estimate of drug-likeness (QED) is 0.444. The number of likely N-dealkylation sites (N-methyl/N-ethyl adjacent to an activating group) is 1. The molecule has 2 aromatic carbocycles. The molecule has 0 aliphatic carbocycles. The molecule has 3 aromatic rings. The Morgan fingerprint density at radius 1 is 1.03 bits per heavy atom. The molecule has 0 atom stereocenters. The van der Waals surface area contributed by atoms with Gasteiger partial charge in [-0.05, 0) is 37.7 Å².